The Hall–Kier alpha value is -2.62. The highest BCUT2D eigenvalue weighted by Crippen LogP contribution is 2.37. The van der Waals surface area contributed by atoms with E-state index in [0.29, 0.717) is 6.61 Å². The Labute approximate surface area is 233 Å². The summed E-state index contributed by atoms with van der Waals surface area (Å²) in [6.07, 6.45) is -3.33. The van der Waals surface area contributed by atoms with Gasteiger partial charge in [0.2, 0.25) is 0 Å². The molecular formula is C32H40O6Si. The van der Waals surface area contributed by atoms with Gasteiger partial charge in [0.1, 0.15) is 24.4 Å². The lowest BCUT2D eigenvalue weighted by atomic mass is 9.98. The van der Waals surface area contributed by atoms with Gasteiger partial charge >= 0.3 is 0 Å². The molecule has 1 heterocycles. The summed E-state index contributed by atoms with van der Waals surface area (Å²) in [5.41, 5.74) is 0.979. The first-order valence-corrected chi connectivity index (χ1v) is 15.3. The second-order valence-corrected chi connectivity index (χ2v) is 15.2. The lowest BCUT2D eigenvalue weighted by Crippen LogP contribution is -2.68. The molecule has 0 bridgehead atoms. The molecule has 1 aliphatic rings. The summed E-state index contributed by atoms with van der Waals surface area (Å²) < 4.78 is 25.3. The van der Waals surface area contributed by atoms with Gasteiger partial charge in [-0.2, -0.15) is 0 Å². The SMILES string of the molecule is C=CCO[C@@H]1[C@H](O)[C@@H](O)O[C@H](CO[Si](c2ccccc2)(c2ccccc2)C(C)(C)C)[C@H]1OCc1ccccc1. The maximum absolute atomic E-state index is 10.8. The van der Waals surface area contributed by atoms with Crippen molar-refractivity contribution < 1.29 is 28.8 Å². The van der Waals surface area contributed by atoms with Gasteiger partial charge in [0.25, 0.3) is 8.32 Å². The van der Waals surface area contributed by atoms with Crippen molar-refractivity contribution in [3.8, 4) is 0 Å². The van der Waals surface area contributed by atoms with Crippen LogP contribution in [-0.4, -0.2) is 62.5 Å². The molecule has 3 aromatic rings. The first-order chi connectivity index (χ1) is 18.8. The highest BCUT2D eigenvalue weighted by atomic mass is 28.4. The normalized spacial score (nSPS) is 23.9. The standard InChI is InChI=1S/C32H40O6Si/c1-5-21-35-30-28(33)31(34)38-27(29(30)36-22-24-15-9-6-10-16-24)23-37-39(32(2,3)4,25-17-11-7-12-18-25)26-19-13-8-14-20-26/h5-20,27-31,33-34H,1,21-23H2,2-4H3/t27-,28+,29-,30-,31+/m1/s1. The maximum atomic E-state index is 10.8. The number of benzene rings is 3. The number of hydrogen-bond donors (Lipinski definition) is 2. The van der Waals surface area contributed by atoms with Crippen LogP contribution in [0.1, 0.15) is 26.3 Å². The van der Waals surface area contributed by atoms with Gasteiger partial charge in [0, 0.05) is 0 Å². The van der Waals surface area contributed by atoms with Crippen molar-refractivity contribution in [2.24, 2.45) is 0 Å². The van der Waals surface area contributed by atoms with Crippen LogP contribution in [0.5, 0.6) is 0 Å². The smallest absolute Gasteiger partial charge is 0.261 e. The van der Waals surface area contributed by atoms with Gasteiger partial charge in [-0.05, 0) is 21.0 Å². The van der Waals surface area contributed by atoms with Gasteiger partial charge in [0.05, 0.1) is 19.8 Å². The van der Waals surface area contributed by atoms with E-state index in [0.717, 1.165) is 15.9 Å². The van der Waals surface area contributed by atoms with E-state index in [1.807, 2.05) is 66.7 Å². The average Bonchev–Trinajstić information content (AvgIpc) is 2.94. The van der Waals surface area contributed by atoms with Gasteiger partial charge in [-0.3, -0.25) is 0 Å². The van der Waals surface area contributed by atoms with Crippen LogP contribution in [0.15, 0.2) is 104 Å². The Balaban J connectivity index is 1.69. The third-order valence-corrected chi connectivity index (χ3v) is 12.2. The topological polar surface area (TPSA) is 77.4 Å². The van der Waals surface area contributed by atoms with Crippen molar-refractivity contribution in [1.82, 2.24) is 0 Å². The lowest BCUT2D eigenvalue weighted by Gasteiger charge is -2.46. The minimum Gasteiger partial charge on any atom is -0.405 e. The molecule has 2 N–H and O–H groups in total. The van der Waals surface area contributed by atoms with E-state index >= 15 is 0 Å². The van der Waals surface area contributed by atoms with Crippen molar-refractivity contribution in [3.63, 3.8) is 0 Å². The Morgan fingerprint density at radius 2 is 1.36 bits per heavy atom. The predicted octanol–water partition coefficient (Wildman–Crippen LogP) is 3.80. The first kappa shape index (κ1) is 29.4. The molecule has 0 saturated carbocycles. The van der Waals surface area contributed by atoms with Crippen LogP contribution in [0.2, 0.25) is 5.04 Å². The number of hydrogen-bond acceptors (Lipinski definition) is 6. The van der Waals surface area contributed by atoms with Crippen molar-refractivity contribution in [3.05, 3.63) is 109 Å². The molecule has 7 heteroatoms. The zero-order chi connectivity index (χ0) is 27.9. The van der Waals surface area contributed by atoms with Crippen LogP contribution in [0.3, 0.4) is 0 Å². The van der Waals surface area contributed by atoms with Crippen LogP contribution in [0, 0.1) is 0 Å². The molecule has 5 atom stereocenters. The summed E-state index contributed by atoms with van der Waals surface area (Å²) in [4.78, 5) is 0. The highest BCUT2D eigenvalue weighted by molar-refractivity contribution is 6.99. The highest BCUT2D eigenvalue weighted by Gasteiger charge is 2.52. The van der Waals surface area contributed by atoms with Crippen molar-refractivity contribution in [2.45, 2.75) is 63.1 Å². The van der Waals surface area contributed by atoms with E-state index in [2.05, 4.69) is 51.6 Å². The molecular weight excluding hydrogens is 508 g/mol. The molecule has 0 amide bonds. The van der Waals surface area contributed by atoms with E-state index in [9.17, 15) is 10.2 Å². The van der Waals surface area contributed by atoms with E-state index < -0.39 is 39.0 Å². The lowest BCUT2D eigenvalue weighted by molar-refractivity contribution is -0.301. The van der Waals surface area contributed by atoms with Crippen molar-refractivity contribution in [1.29, 1.82) is 0 Å². The fraction of sp³-hybridized carbons (Fsp3) is 0.375. The average molecular weight is 549 g/mol. The Kier molecular flexibility index (Phi) is 9.90. The van der Waals surface area contributed by atoms with E-state index in [-0.39, 0.29) is 18.3 Å². The molecule has 0 aliphatic carbocycles. The summed E-state index contributed by atoms with van der Waals surface area (Å²) in [5.74, 6) is 0. The fourth-order valence-electron chi connectivity index (χ4n) is 5.35. The van der Waals surface area contributed by atoms with Gasteiger partial charge in [0.15, 0.2) is 6.29 Å². The maximum Gasteiger partial charge on any atom is 0.261 e. The Bertz CT molecular complexity index is 1110. The van der Waals surface area contributed by atoms with Crippen LogP contribution in [-0.2, 0) is 25.2 Å². The molecule has 0 radical (unpaired) electrons. The quantitative estimate of drug-likeness (QED) is 0.281. The summed E-state index contributed by atoms with van der Waals surface area (Å²) in [6.45, 7) is 11.0. The number of aliphatic hydroxyl groups excluding tert-OH is 2. The van der Waals surface area contributed by atoms with Crippen molar-refractivity contribution in [2.75, 3.05) is 13.2 Å². The largest absolute Gasteiger partial charge is 0.405 e. The molecule has 0 unspecified atom stereocenters. The molecule has 208 valence electrons. The molecule has 6 nitrogen and oxygen atoms in total. The molecule has 0 aromatic heterocycles. The second kappa shape index (κ2) is 13.2. The molecule has 1 aliphatic heterocycles. The minimum atomic E-state index is -2.87. The number of rotatable bonds is 11. The van der Waals surface area contributed by atoms with Crippen molar-refractivity contribution >= 4 is 18.7 Å². The van der Waals surface area contributed by atoms with E-state index in [1.165, 1.54) is 0 Å². The summed E-state index contributed by atoms with van der Waals surface area (Å²) in [7, 11) is -2.87. The molecule has 4 rings (SSSR count). The summed E-state index contributed by atoms with van der Waals surface area (Å²) in [5, 5.41) is 23.5. The van der Waals surface area contributed by atoms with E-state index in [4.69, 9.17) is 18.6 Å². The Morgan fingerprint density at radius 1 is 0.821 bits per heavy atom. The van der Waals surface area contributed by atoms with Crippen LogP contribution in [0.4, 0.5) is 0 Å². The molecule has 1 fully saturated rings. The predicted molar refractivity (Wildman–Crippen MR) is 155 cm³/mol. The third-order valence-electron chi connectivity index (χ3n) is 7.21. The Morgan fingerprint density at radius 3 is 1.87 bits per heavy atom. The first-order valence-electron chi connectivity index (χ1n) is 13.4. The van der Waals surface area contributed by atoms with Crippen LogP contribution >= 0.6 is 0 Å². The summed E-state index contributed by atoms with van der Waals surface area (Å²) in [6, 6.07) is 30.5. The second-order valence-electron chi connectivity index (χ2n) is 10.9. The minimum absolute atomic E-state index is 0.143. The molecule has 39 heavy (non-hydrogen) atoms. The monoisotopic (exact) mass is 548 g/mol. The van der Waals surface area contributed by atoms with Crippen LogP contribution < -0.4 is 10.4 Å². The molecule has 1 saturated heterocycles. The van der Waals surface area contributed by atoms with Gasteiger partial charge < -0.3 is 28.8 Å². The van der Waals surface area contributed by atoms with Gasteiger partial charge in [-0.1, -0.05) is 118 Å². The van der Waals surface area contributed by atoms with Gasteiger partial charge in [-0.15, -0.1) is 6.58 Å². The fourth-order valence-corrected chi connectivity index (χ4v) is 9.92. The summed E-state index contributed by atoms with van der Waals surface area (Å²) >= 11 is 0. The number of ether oxygens (including phenoxy) is 3. The van der Waals surface area contributed by atoms with E-state index in [1.54, 1.807) is 6.08 Å². The molecule has 3 aromatic carbocycles. The molecule has 0 spiro atoms. The zero-order valence-corrected chi connectivity index (χ0v) is 24.0. The number of aliphatic hydroxyl groups is 2. The zero-order valence-electron chi connectivity index (χ0n) is 23.0. The third kappa shape index (κ3) is 6.58. The van der Waals surface area contributed by atoms with Crippen LogP contribution in [0.25, 0.3) is 0 Å². The van der Waals surface area contributed by atoms with Gasteiger partial charge in [-0.25, -0.2) is 0 Å².